The molecule has 1 N–H and O–H groups in total. The third kappa shape index (κ3) is 2.04. The summed E-state index contributed by atoms with van der Waals surface area (Å²) in [6.45, 7) is 1.92. The van der Waals surface area contributed by atoms with E-state index in [1.165, 1.54) is 0 Å². The van der Waals surface area contributed by atoms with Gasteiger partial charge in [-0.25, -0.2) is 0 Å². The van der Waals surface area contributed by atoms with E-state index < -0.39 is 0 Å². The molecule has 72 valence electrons. The smallest absolute Gasteiger partial charge is 0.121 e. The number of nitrogens with zero attached hydrogens (tertiary/aromatic N) is 1. The zero-order valence-corrected chi connectivity index (χ0v) is 7.86. The lowest BCUT2D eigenvalue weighted by Crippen LogP contribution is -2.19. The van der Waals surface area contributed by atoms with E-state index in [0.29, 0.717) is 5.56 Å². The average molecular weight is 188 g/mol. The molecule has 1 atom stereocenters. The first-order chi connectivity index (χ1) is 6.88. The summed E-state index contributed by atoms with van der Waals surface area (Å²) in [5.41, 5.74) is 0.647. The van der Waals surface area contributed by atoms with Gasteiger partial charge >= 0.3 is 0 Å². The molecule has 14 heavy (non-hydrogen) atoms. The lowest BCUT2D eigenvalue weighted by atomic mass is 10.2. The number of benzene rings is 1. The Morgan fingerprint density at radius 3 is 3.14 bits per heavy atom. The van der Waals surface area contributed by atoms with Crippen molar-refractivity contribution in [2.24, 2.45) is 0 Å². The normalized spacial score (nSPS) is 20.4. The van der Waals surface area contributed by atoms with Crippen LogP contribution in [0.5, 0.6) is 5.75 Å². The third-order valence-electron chi connectivity index (χ3n) is 2.28. The second-order valence-electron chi connectivity index (χ2n) is 3.37. The predicted octanol–water partition coefficient (Wildman–Crippen LogP) is 1.30. The van der Waals surface area contributed by atoms with Crippen LogP contribution < -0.4 is 10.1 Å². The minimum absolute atomic E-state index is 0.254. The second kappa shape index (κ2) is 4.12. The molecule has 0 radical (unpaired) electrons. The van der Waals surface area contributed by atoms with Gasteiger partial charge in [-0.05, 0) is 31.2 Å². The maximum Gasteiger partial charge on any atom is 0.121 e. The largest absolute Gasteiger partial charge is 0.489 e. The second-order valence-corrected chi connectivity index (χ2v) is 3.37. The summed E-state index contributed by atoms with van der Waals surface area (Å²) in [7, 11) is 0. The van der Waals surface area contributed by atoms with Crippen molar-refractivity contribution >= 4 is 0 Å². The Hall–Kier alpha value is -1.53. The van der Waals surface area contributed by atoms with Gasteiger partial charge in [0.1, 0.15) is 11.9 Å². The van der Waals surface area contributed by atoms with Gasteiger partial charge in [0.25, 0.3) is 0 Å². The summed E-state index contributed by atoms with van der Waals surface area (Å²) in [4.78, 5) is 0. The van der Waals surface area contributed by atoms with Crippen molar-refractivity contribution in [1.82, 2.24) is 5.32 Å². The lowest BCUT2D eigenvalue weighted by Gasteiger charge is -2.11. The van der Waals surface area contributed by atoms with E-state index in [9.17, 15) is 0 Å². The topological polar surface area (TPSA) is 45.0 Å². The molecule has 3 heteroatoms. The Labute approximate surface area is 83.3 Å². The Kier molecular flexibility index (Phi) is 2.66. The maximum atomic E-state index is 8.70. The molecule has 3 nitrogen and oxygen atoms in total. The van der Waals surface area contributed by atoms with Gasteiger partial charge in [0, 0.05) is 6.54 Å². The third-order valence-corrected chi connectivity index (χ3v) is 2.28. The van der Waals surface area contributed by atoms with Gasteiger partial charge in [0.05, 0.1) is 11.6 Å². The molecule has 1 heterocycles. The van der Waals surface area contributed by atoms with Gasteiger partial charge in [0.15, 0.2) is 0 Å². The van der Waals surface area contributed by atoms with Crippen molar-refractivity contribution in [1.29, 1.82) is 5.26 Å². The molecule has 1 saturated heterocycles. The summed E-state index contributed by atoms with van der Waals surface area (Å²) in [5.74, 6) is 0.790. The zero-order valence-electron chi connectivity index (χ0n) is 7.86. The van der Waals surface area contributed by atoms with Crippen molar-refractivity contribution in [3.63, 3.8) is 0 Å². The number of nitriles is 1. The number of hydrogen-bond donors (Lipinski definition) is 1. The molecule has 1 aromatic rings. The van der Waals surface area contributed by atoms with E-state index >= 15 is 0 Å². The number of ether oxygens (including phenoxy) is 1. The van der Waals surface area contributed by atoms with Gasteiger partial charge in [0.2, 0.25) is 0 Å². The van der Waals surface area contributed by atoms with Crippen LogP contribution in [0.2, 0.25) is 0 Å². The summed E-state index contributed by atoms with van der Waals surface area (Å²) in [6, 6.07) is 9.38. The fraction of sp³-hybridized carbons (Fsp3) is 0.364. The van der Waals surface area contributed by atoms with Crippen LogP contribution in [0.3, 0.4) is 0 Å². The Bertz CT molecular complexity index is 351. The molecule has 0 unspecified atom stereocenters. The van der Waals surface area contributed by atoms with E-state index in [4.69, 9.17) is 10.00 Å². The molecular formula is C11H12N2O. The Morgan fingerprint density at radius 1 is 1.50 bits per heavy atom. The molecule has 0 saturated carbocycles. The first-order valence-corrected chi connectivity index (χ1v) is 4.76. The van der Waals surface area contributed by atoms with Crippen LogP contribution in [0.4, 0.5) is 0 Å². The first kappa shape index (κ1) is 9.04. The summed E-state index contributed by atoms with van der Waals surface area (Å²) < 4.78 is 5.70. The molecule has 1 aromatic carbocycles. The van der Waals surface area contributed by atoms with Crippen molar-refractivity contribution in [2.75, 3.05) is 13.1 Å². The van der Waals surface area contributed by atoms with Crippen LogP contribution in [-0.2, 0) is 0 Å². The number of nitrogens with one attached hydrogen (secondary N) is 1. The van der Waals surface area contributed by atoms with E-state index in [0.717, 1.165) is 25.3 Å². The Morgan fingerprint density at radius 2 is 2.43 bits per heavy atom. The quantitative estimate of drug-likeness (QED) is 0.760. The van der Waals surface area contributed by atoms with Crippen LogP contribution in [0.1, 0.15) is 12.0 Å². The summed E-state index contributed by atoms with van der Waals surface area (Å²) in [5, 5.41) is 11.9. The highest BCUT2D eigenvalue weighted by atomic mass is 16.5. The van der Waals surface area contributed by atoms with Gasteiger partial charge in [-0.2, -0.15) is 5.26 Å². The van der Waals surface area contributed by atoms with Crippen molar-refractivity contribution in [3.05, 3.63) is 29.8 Å². The van der Waals surface area contributed by atoms with Crippen LogP contribution in [0.25, 0.3) is 0 Å². The Balaban J connectivity index is 2.05. The zero-order chi connectivity index (χ0) is 9.80. The van der Waals surface area contributed by atoms with Crippen LogP contribution in [0, 0.1) is 11.3 Å². The lowest BCUT2D eigenvalue weighted by molar-refractivity contribution is 0.223. The SMILES string of the molecule is N#Cc1cccc(O[C@H]2CCNC2)c1. The fourth-order valence-corrected chi connectivity index (χ4v) is 1.56. The maximum absolute atomic E-state index is 8.70. The fourth-order valence-electron chi connectivity index (χ4n) is 1.56. The van der Waals surface area contributed by atoms with Gasteiger partial charge in [-0.15, -0.1) is 0 Å². The monoisotopic (exact) mass is 188 g/mol. The highest BCUT2D eigenvalue weighted by molar-refractivity contribution is 5.36. The molecule has 0 spiro atoms. The van der Waals surface area contributed by atoms with Crippen LogP contribution >= 0.6 is 0 Å². The first-order valence-electron chi connectivity index (χ1n) is 4.76. The average Bonchev–Trinajstić information content (AvgIpc) is 2.71. The van der Waals surface area contributed by atoms with E-state index in [1.807, 2.05) is 12.1 Å². The molecule has 1 fully saturated rings. The van der Waals surface area contributed by atoms with E-state index in [-0.39, 0.29) is 6.10 Å². The van der Waals surface area contributed by atoms with Crippen LogP contribution in [-0.4, -0.2) is 19.2 Å². The molecule has 2 rings (SSSR count). The van der Waals surface area contributed by atoms with Crippen molar-refractivity contribution < 1.29 is 4.74 Å². The minimum Gasteiger partial charge on any atom is -0.489 e. The van der Waals surface area contributed by atoms with Crippen molar-refractivity contribution in [2.45, 2.75) is 12.5 Å². The molecule has 1 aliphatic rings. The molecule has 0 aromatic heterocycles. The standard InChI is InChI=1S/C11H12N2O/c12-7-9-2-1-3-10(6-9)14-11-4-5-13-8-11/h1-3,6,11,13H,4-5,8H2/t11-/m0/s1. The molecule has 0 bridgehead atoms. The highest BCUT2D eigenvalue weighted by Crippen LogP contribution is 2.16. The molecule has 0 aliphatic carbocycles. The van der Waals surface area contributed by atoms with E-state index in [2.05, 4.69) is 11.4 Å². The molecule has 0 amide bonds. The van der Waals surface area contributed by atoms with Gasteiger partial charge < -0.3 is 10.1 Å². The van der Waals surface area contributed by atoms with Crippen molar-refractivity contribution in [3.8, 4) is 11.8 Å². The van der Waals surface area contributed by atoms with Gasteiger partial charge in [-0.1, -0.05) is 6.07 Å². The van der Waals surface area contributed by atoms with Crippen LogP contribution in [0.15, 0.2) is 24.3 Å². The molecular weight excluding hydrogens is 176 g/mol. The molecule has 1 aliphatic heterocycles. The number of hydrogen-bond acceptors (Lipinski definition) is 3. The number of rotatable bonds is 2. The highest BCUT2D eigenvalue weighted by Gasteiger charge is 2.15. The van der Waals surface area contributed by atoms with E-state index in [1.54, 1.807) is 12.1 Å². The summed E-state index contributed by atoms with van der Waals surface area (Å²) >= 11 is 0. The summed E-state index contributed by atoms with van der Waals surface area (Å²) in [6.07, 6.45) is 1.29. The minimum atomic E-state index is 0.254. The predicted molar refractivity (Wildman–Crippen MR) is 53.1 cm³/mol. The van der Waals surface area contributed by atoms with Gasteiger partial charge in [-0.3, -0.25) is 0 Å².